The second-order valence-electron chi connectivity index (χ2n) is 4.36. The van der Waals surface area contributed by atoms with Gasteiger partial charge in [0.1, 0.15) is 23.9 Å². The summed E-state index contributed by atoms with van der Waals surface area (Å²) in [4.78, 5) is 1.09. The van der Waals surface area contributed by atoms with E-state index in [-0.39, 0.29) is 0 Å². The molecule has 1 aromatic carbocycles. The third kappa shape index (κ3) is 4.93. The normalized spacial score (nSPS) is 10.5. The van der Waals surface area contributed by atoms with Gasteiger partial charge in [0.05, 0.1) is 10.6 Å². The van der Waals surface area contributed by atoms with E-state index >= 15 is 0 Å². The van der Waals surface area contributed by atoms with Crippen molar-refractivity contribution in [1.29, 1.82) is 0 Å². The van der Waals surface area contributed by atoms with E-state index in [1.54, 1.807) is 18.2 Å². The van der Waals surface area contributed by atoms with Gasteiger partial charge in [-0.05, 0) is 42.7 Å². The van der Waals surface area contributed by atoms with Crippen LogP contribution < -0.4 is 9.47 Å². The van der Waals surface area contributed by atoms with Crippen LogP contribution >= 0.6 is 11.5 Å². The van der Waals surface area contributed by atoms with Crippen molar-refractivity contribution in [1.82, 2.24) is 4.37 Å². The van der Waals surface area contributed by atoms with E-state index in [0.717, 1.165) is 16.3 Å². The summed E-state index contributed by atoms with van der Waals surface area (Å²) in [5, 5.41) is 0. The fraction of sp³-hybridized carbons (Fsp3) is 0.118. The highest BCUT2D eigenvalue weighted by molar-refractivity contribution is 7.05. The van der Waals surface area contributed by atoms with Crippen LogP contribution in [0.1, 0.15) is 10.6 Å². The molecule has 0 spiro atoms. The standard InChI is InChI=1S/C17H17NO2S/c1-4-5-7-14(3)20-16-9-6-8-15(11-16)19-12-17-10-13(2)18-21-17/h4-11H,1,3,12H2,2H3/b7-5-. The van der Waals surface area contributed by atoms with Crippen molar-refractivity contribution >= 4 is 11.5 Å². The number of allylic oxidation sites excluding steroid dienone is 3. The Balaban J connectivity index is 1.95. The number of hydrogen-bond acceptors (Lipinski definition) is 4. The molecule has 1 heterocycles. The SMILES string of the molecule is C=C/C=C\C(=C)Oc1cccc(OCc2cc(C)ns2)c1. The van der Waals surface area contributed by atoms with E-state index < -0.39 is 0 Å². The molecule has 1 aromatic heterocycles. The number of benzene rings is 1. The fourth-order valence-electron chi connectivity index (χ4n) is 1.63. The van der Waals surface area contributed by atoms with Crippen LogP contribution in [0.5, 0.6) is 11.5 Å². The lowest BCUT2D eigenvalue weighted by Gasteiger charge is -2.08. The van der Waals surface area contributed by atoms with Crippen LogP contribution in [0.15, 0.2) is 67.5 Å². The van der Waals surface area contributed by atoms with Gasteiger partial charge in [-0.15, -0.1) is 0 Å². The monoisotopic (exact) mass is 299 g/mol. The molecule has 0 aliphatic heterocycles. The first kappa shape index (κ1) is 15.1. The first-order valence-corrected chi connectivity index (χ1v) is 7.25. The summed E-state index contributed by atoms with van der Waals surface area (Å²) in [6.45, 7) is 9.89. The molecular weight excluding hydrogens is 282 g/mol. The zero-order valence-corrected chi connectivity index (χ0v) is 12.7. The van der Waals surface area contributed by atoms with Crippen LogP contribution in [-0.2, 0) is 6.61 Å². The van der Waals surface area contributed by atoms with E-state index in [2.05, 4.69) is 17.5 Å². The Morgan fingerprint density at radius 3 is 2.86 bits per heavy atom. The summed E-state index contributed by atoms with van der Waals surface area (Å²) in [5.74, 6) is 1.98. The van der Waals surface area contributed by atoms with Gasteiger partial charge in [-0.25, -0.2) is 0 Å². The molecule has 3 nitrogen and oxygen atoms in total. The molecule has 0 amide bonds. The molecule has 2 aromatic rings. The van der Waals surface area contributed by atoms with Gasteiger partial charge in [-0.1, -0.05) is 31.4 Å². The van der Waals surface area contributed by atoms with E-state index in [1.807, 2.05) is 37.3 Å². The molecule has 0 radical (unpaired) electrons. The third-order valence-electron chi connectivity index (χ3n) is 2.53. The van der Waals surface area contributed by atoms with Crippen LogP contribution in [-0.4, -0.2) is 4.37 Å². The second-order valence-corrected chi connectivity index (χ2v) is 5.25. The van der Waals surface area contributed by atoms with Crippen molar-refractivity contribution in [3.63, 3.8) is 0 Å². The Morgan fingerprint density at radius 1 is 1.33 bits per heavy atom. The minimum Gasteiger partial charge on any atom is -0.488 e. The van der Waals surface area contributed by atoms with Crippen molar-refractivity contribution in [2.24, 2.45) is 0 Å². The lowest BCUT2D eigenvalue weighted by Crippen LogP contribution is -1.94. The first-order chi connectivity index (χ1) is 10.2. The number of aromatic nitrogens is 1. The van der Waals surface area contributed by atoms with Crippen LogP contribution in [0.2, 0.25) is 0 Å². The summed E-state index contributed by atoms with van der Waals surface area (Å²) in [6, 6.07) is 9.49. The molecule has 108 valence electrons. The van der Waals surface area contributed by atoms with Gasteiger partial charge in [0, 0.05) is 6.07 Å². The van der Waals surface area contributed by atoms with Gasteiger partial charge in [0.2, 0.25) is 0 Å². The van der Waals surface area contributed by atoms with Crippen LogP contribution in [0.25, 0.3) is 0 Å². The van der Waals surface area contributed by atoms with Crippen molar-refractivity contribution in [2.75, 3.05) is 0 Å². The van der Waals surface area contributed by atoms with Crippen molar-refractivity contribution < 1.29 is 9.47 Å². The lowest BCUT2D eigenvalue weighted by molar-refractivity contribution is 0.308. The number of aryl methyl sites for hydroxylation is 1. The van der Waals surface area contributed by atoms with Gasteiger partial charge in [0.15, 0.2) is 0 Å². The van der Waals surface area contributed by atoms with Crippen LogP contribution in [0.3, 0.4) is 0 Å². The second kappa shape index (κ2) is 7.45. The molecular formula is C17H17NO2S. The maximum absolute atomic E-state index is 5.74. The zero-order chi connectivity index (χ0) is 15.1. The van der Waals surface area contributed by atoms with E-state index in [0.29, 0.717) is 18.1 Å². The Labute approximate surface area is 129 Å². The maximum Gasteiger partial charge on any atom is 0.131 e. The summed E-state index contributed by atoms with van der Waals surface area (Å²) < 4.78 is 15.6. The van der Waals surface area contributed by atoms with Crippen LogP contribution in [0.4, 0.5) is 0 Å². The van der Waals surface area contributed by atoms with Crippen molar-refractivity contribution in [2.45, 2.75) is 13.5 Å². The maximum atomic E-state index is 5.74. The molecule has 21 heavy (non-hydrogen) atoms. The lowest BCUT2D eigenvalue weighted by atomic mass is 10.3. The fourth-order valence-corrected chi connectivity index (χ4v) is 2.28. The molecule has 0 N–H and O–H groups in total. The highest BCUT2D eigenvalue weighted by Gasteiger charge is 2.02. The molecule has 2 rings (SSSR count). The quantitative estimate of drug-likeness (QED) is 0.550. The number of nitrogens with zero attached hydrogens (tertiary/aromatic N) is 1. The Hall–Kier alpha value is -2.33. The van der Waals surface area contributed by atoms with Gasteiger partial charge in [-0.2, -0.15) is 4.37 Å². The summed E-state index contributed by atoms with van der Waals surface area (Å²) in [5.41, 5.74) is 1.01. The predicted molar refractivity (Wildman–Crippen MR) is 86.7 cm³/mol. The minimum absolute atomic E-state index is 0.506. The number of rotatable bonds is 7. The molecule has 0 aliphatic rings. The average molecular weight is 299 g/mol. The summed E-state index contributed by atoms with van der Waals surface area (Å²) in [7, 11) is 0. The van der Waals surface area contributed by atoms with Crippen LogP contribution in [0, 0.1) is 6.92 Å². The molecule has 4 heteroatoms. The molecule has 0 fully saturated rings. The van der Waals surface area contributed by atoms with Gasteiger partial charge < -0.3 is 9.47 Å². The molecule has 0 bridgehead atoms. The minimum atomic E-state index is 0.506. The first-order valence-electron chi connectivity index (χ1n) is 6.48. The zero-order valence-electron chi connectivity index (χ0n) is 11.9. The topological polar surface area (TPSA) is 31.4 Å². The molecule has 0 aliphatic carbocycles. The predicted octanol–water partition coefficient (Wildman–Crippen LogP) is 4.67. The largest absolute Gasteiger partial charge is 0.488 e. The van der Waals surface area contributed by atoms with E-state index in [9.17, 15) is 0 Å². The van der Waals surface area contributed by atoms with Crippen molar-refractivity contribution in [3.05, 3.63) is 78.0 Å². The smallest absolute Gasteiger partial charge is 0.131 e. The summed E-state index contributed by atoms with van der Waals surface area (Å²) >= 11 is 1.45. The Kier molecular flexibility index (Phi) is 5.35. The van der Waals surface area contributed by atoms with Crippen molar-refractivity contribution in [3.8, 4) is 11.5 Å². The van der Waals surface area contributed by atoms with E-state index in [1.165, 1.54) is 11.5 Å². The molecule has 0 saturated heterocycles. The van der Waals surface area contributed by atoms with Gasteiger partial charge >= 0.3 is 0 Å². The van der Waals surface area contributed by atoms with Gasteiger partial charge in [0.25, 0.3) is 0 Å². The average Bonchev–Trinajstić information content (AvgIpc) is 2.89. The molecule has 0 atom stereocenters. The number of hydrogen-bond donors (Lipinski definition) is 0. The number of ether oxygens (including phenoxy) is 2. The van der Waals surface area contributed by atoms with E-state index in [4.69, 9.17) is 9.47 Å². The third-order valence-corrected chi connectivity index (χ3v) is 3.38. The highest BCUT2D eigenvalue weighted by Crippen LogP contribution is 2.22. The molecule has 0 unspecified atom stereocenters. The summed E-state index contributed by atoms with van der Waals surface area (Å²) in [6.07, 6.45) is 5.19. The highest BCUT2D eigenvalue weighted by atomic mass is 32.1. The Bertz CT molecular complexity index is 658. The molecule has 0 saturated carbocycles. The Morgan fingerprint density at radius 2 is 2.14 bits per heavy atom. The van der Waals surface area contributed by atoms with Gasteiger partial charge in [-0.3, -0.25) is 0 Å².